The predicted molar refractivity (Wildman–Crippen MR) is 64.1 cm³/mol. The molecule has 0 radical (unpaired) electrons. The summed E-state index contributed by atoms with van der Waals surface area (Å²) < 4.78 is 5.57. The fourth-order valence-corrected chi connectivity index (χ4v) is 3.14. The molecule has 1 aliphatic heterocycles. The van der Waals surface area contributed by atoms with E-state index in [1.54, 1.807) is 0 Å². The van der Waals surface area contributed by atoms with Crippen LogP contribution in [0.25, 0.3) is 0 Å². The second kappa shape index (κ2) is 4.64. The molecule has 0 saturated carbocycles. The van der Waals surface area contributed by atoms with Crippen LogP contribution in [0.1, 0.15) is 36.1 Å². The molecule has 15 heavy (non-hydrogen) atoms. The van der Waals surface area contributed by atoms with Gasteiger partial charge in [0.05, 0.1) is 12.7 Å². The molecule has 2 N–H and O–H groups in total. The Labute approximate surface area is 95.4 Å². The molecule has 1 fully saturated rings. The van der Waals surface area contributed by atoms with Gasteiger partial charge in [-0.25, -0.2) is 0 Å². The van der Waals surface area contributed by atoms with E-state index >= 15 is 0 Å². The van der Waals surface area contributed by atoms with Crippen LogP contribution in [-0.4, -0.2) is 12.7 Å². The first-order chi connectivity index (χ1) is 7.20. The summed E-state index contributed by atoms with van der Waals surface area (Å²) in [4.78, 5) is 2.74. The smallest absolute Gasteiger partial charge is 0.0551 e. The monoisotopic (exact) mass is 225 g/mol. The molecule has 2 heterocycles. The first-order valence-electron chi connectivity index (χ1n) is 5.66. The Hall–Kier alpha value is -0.380. The highest BCUT2D eigenvalue weighted by atomic mass is 32.1. The van der Waals surface area contributed by atoms with Gasteiger partial charge in [0.2, 0.25) is 0 Å². The Morgan fingerprint density at radius 1 is 1.60 bits per heavy atom. The summed E-state index contributed by atoms with van der Waals surface area (Å²) in [7, 11) is 0. The Kier molecular flexibility index (Phi) is 3.44. The number of ether oxygens (including phenoxy) is 1. The molecule has 1 saturated heterocycles. The summed E-state index contributed by atoms with van der Waals surface area (Å²) in [6, 6.07) is 4.54. The summed E-state index contributed by atoms with van der Waals surface area (Å²) in [5, 5.41) is 0. The number of rotatable bonds is 3. The van der Waals surface area contributed by atoms with Crippen molar-refractivity contribution >= 4 is 11.3 Å². The molecule has 0 spiro atoms. The van der Waals surface area contributed by atoms with Gasteiger partial charge in [-0.3, -0.25) is 0 Å². The minimum absolute atomic E-state index is 0.167. The zero-order chi connectivity index (χ0) is 10.8. The van der Waals surface area contributed by atoms with Crippen LogP contribution in [0, 0.1) is 5.92 Å². The summed E-state index contributed by atoms with van der Waals surface area (Å²) in [6.45, 7) is 5.13. The summed E-state index contributed by atoms with van der Waals surface area (Å²) in [5.41, 5.74) is 6.26. The van der Waals surface area contributed by atoms with Crippen molar-refractivity contribution in [2.75, 3.05) is 6.61 Å². The van der Waals surface area contributed by atoms with Crippen LogP contribution < -0.4 is 5.73 Å². The molecule has 3 atom stereocenters. The fraction of sp³-hybridized carbons (Fsp3) is 0.667. The van der Waals surface area contributed by atoms with Gasteiger partial charge in [-0.05, 0) is 31.9 Å². The van der Waals surface area contributed by atoms with Crippen LogP contribution in [-0.2, 0) is 11.2 Å². The molecule has 84 valence electrons. The van der Waals surface area contributed by atoms with Gasteiger partial charge in [-0.1, -0.05) is 6.92 Å². The van der Waals surface area contributed by atoms with E-state index in [1.807, 2.05) is 11.3 Å². The summed E-state index contributed by atoms with van der Waals surface area (Å²) in [6.07, 6.45) is 2.59. The third-order valence-corrected chi connectivity index (χ3v) is 4.43. The Bertz CT molecular complexity index is 323. The number of hydrogen-bond donors (Lipinski definition) is 1. The summed E-state index contributed by atoms with van der Waals surface area (Å²) >= 11 is 1.85. The topological polar surface area (TPSA) is 35.2 Å². The molecule has 2 rings (SSSR count). The van der Waals surface area contributed by atoms with Gasteiger partial charge in [0, 0.05) is 21.7 Å². The Balaban J connectivity index is 2.03. The highest BCUT2D eigenvalue weighted by Gasteiger charge is 2.28. The van der Waals surface area contributed by atoms with Crippen molar-refractivity contribution in [1.82, 2.24) is 0 Å². The third-order valence-electron chi connectivity index (χ3n) is 3.10. The number of nitrogens with two attached hydrogens (primary N) is 1. The lowest BCUT2D eigenvalue weighted by molar-refractivity contribution is 0.118. The molecule has 0 bridgehead atoms. The van der Waals surface area contributed by atoms with Crippen molar-refractivity contribution in [3.8, 4) is 0 Å². The number of aryl methyl sites for hydroxylation is 1. The van der Waals surface area contributed by atoms with E-state index in [-0.39, 0.29) is 6.04 Å². The maximum Gasteiger partial charge on any atom is 0.0551 e. The van der Waals surface area contributed by atoms with Crippen molar-refractivity contribution < 1.29 is 4.74 Å². The van der Waals surface area contributed by atoms with Gasteiger partial charge in [0.25, 0.3) is 0 Å². The molecule has 3 heteroatoms. The number of thiophene rings is 1. The normalized spacial score (nSPS) is 28.2. The van der Waals surface area contributed by atoms with Crippen LogP contribution in [0.3, 0.4) is 0 Å². The van der Waals surface area contributed by atoms with E-state index < -0.39 is 0 Å². The SMILES string of the molecule is CCc1ccc(C(N)C2COC(C)C2)s1. The highest BCUT2D eigenvalue weighted by molar-refractivity contribution is 7.12. The lowest BCUT2D eigenvalue weighted by Crippen LogP contribution is -2.20. The van der Waals surface area contributed by atoms with Crippen molar-refractivity contribution in [3.63, 3.8) is 0 Å². The Morgan fingerprint density at radius 3 is 2.93 bits per heavy atom. The van der Waals surface area contributed by atoms with E-state index in [0.717, 1.165) is 19.4 Å². The van der Waals surface area contributed by atoms with E-state index in [1.165, 1.54) is 9.75 Å². The molecule has 3 unspecified atom stereocenters. The van der Waals surface area contributed by atoms with Gasteiger partial charge in [-0.2, -0.15) is 0 Å². The summed E-state index contributed by atoms with van der Waals surface area (Å²) in [5.74, 6) is 0.503. The van der Waals surface area contributed by atoms with Gasteiger partial charge in [-0.15, -0.1) is 11.3 Å². The second-order valence-electron chi connectivity index (χ2n) is 4.32. The van der Waals surface area contributed by atoms with E-state index in [0.29, 0.717) is 12.0 Å². The average Bonchev–Trinajstić information content (AvgIpc) is 2.84. The van der Waals surface area contributed by atoms with E-state index in [2.05, 4.69) is 26.0 Å². The zero-order valence-electron chi connectivity index (χ0n) is 9.40. The molecular weight excluding hydrogens is 206 g/mol. The van der Waals surface area contributed by atoms with Gasteiger partial charge < -0.3 is 10.5 Å². The highest BCUT2D eigenvalue weighted by Crippen LogP contribution is 2.33. The first-order valence-corrected chi connectivity index (χ1v) is 6.48. The third kappa shape index (κ3) is 2.41. The zero-order valence-corrected chi connectivity index (χ0v) is 10.2. The molecule has 1 aliphatic rings. The molecule has 2 nitrogen and oxygen atoms in total. The maximum atomic E-state index is 6.26. The van der Waals surface area contributed by atoms with Crippen LogP contribution in [0.4, 0.5) is 0 Å². The molecular formula is C12H19NOS. The van der Waals surface area contributed by atoms with Crippen molar-refractivity contribution in [3.05, 3.63) is 21.9 Å². The largest absolute Gasteiger partial charge is 0.378 e. The minimum Gasteiger partial charge on any atom is -0.378 e. The van der Waals surface area contributed by atoms with Crippen molar-refractivity contribution in [1.29, 1.82) is 0 Å². The second-order valence-corrected chi connectivity index (χ2v) is 5.52. The lowest BCUT2D eigenvalue weighted by Gasteiger charge is -2.15. The average molecular weight is 225 g/mol. The standard InChI is InChI=1S/C12H19NOS/c1-3-10-4-5-11(15-10)12(13)9-6-8(2)14-7-9/h4-5,8-9,12H,3,6-7,13H2,1-2H3. The lowest BCUT2D eigenvalue weighted by atomic mass is 9.96. The molecule has 0 aliphatic carbocycles. The Morgan fingerprint density at radius 2 is 2.40 bits per heavy atom. The van der Waals surface area contributed by atoms with E-state index in [4.69, 9.17) is 10.5 Å². The molecule has 1 aromatic rings. The van der Waals surface area contributed by atoms with Gasteiger partial charge in [0.15, 0.2) is 0 Å². The van der Waals surface area contributed by atoms with Crippen LogP contribution >= 0.6 is 11.3 Å². The predicted octanol–water partition coefficient (Wildman–Crippen LogP) is 2.74. The van der Waals surface area contributed by atoms with Crippen molar-refractivity contribution in [2.45, 2.75) is 38.8 Å². The van der Waals surface area contributed by atoms with Crippen LogP contribution in [0.2, 0.25) is 0 Å². The van der Waals surface area contributed by atoms with Crippen molar-refractivity contribution in [2.24, 2.45) is 11.7 Å². The quantitative estimate of drug-likeness (QED) is 0.858. The molecule has 1 aromatic heterocycles. The first kappa shape index (κ1) is 11.1. The van der Waals surface area contributed by atoms with Crippen LogP contribution in [0.15, 0.2) is 12.1 Å². The maximum absolute atomic E-state index is 6.26. The molecule has 0 aromatic carbocycles. The number of hydrogen-bond acceptors (Lipinski definition) is 3. The fourth-order valence-electron chi connectivity index (χ4n) is 2.10. The van der Waals surface area contributed by atoms with Crippen LogP contribution in [0.5, 0.6) is 0 Å². The minimum atomic E-state index is 0.167. The van der Waals surface area contributed by atoms with E-state index in [9.17, 15) is 0 Å². The van der Waals surface area contributed by atoms with Gasteiger partial charge in [0.1, 0.15) is 0 Å². The molecule has 0 amide bonds. The van der Waals surface area contributed by atoms with Gasteiger partial charge >= 0.3 is 0 Å².